The number of aromatic nitrogens is 1. The number of hydrogen-bond acceptors (Lipinski definition) is 3. The summed E-state index contributed by atoms with van der Waals surface area (Å²) in [5.41, 5.74) is 1.57. The lowest BCUT2D eigenvalue weighted by Gasteiger charge is -2.05. The highest BCUT2D eigenvalue weighted by atomic mass is 16.5. The second kappa shape index (κ2) is 5.30. The van der Waals surface area contributed by atoms with E-state index in [1.165, 1.54) is 31.5 Å². The van der Waals surface area contributed by atoms with Crippen molar-refractivity contribution in [1.82, 2.24) is 0 Å². The van der Waals surface area contributed by atoms with Crippen LogP contribution < -0.4 is 10.0 Å². The second-order valence-corrected chi connectivity index (χ2v) is 4.03. The zero-order valence-electron chi connectivity index (χ0n) is 10.3. The van der Waals surface area contributed by atoms with Crippen molar-refractivity contribution in [3.63, 3.8) is 0 Å². The van der Waals surface area contributed by atoms with E-state index in [9.17, 15) is 14.8 Å². The van der Waals surface area contributed by atoms with Gasteiger partial charge in [-0.05, 0) is 31.2 Å². The lowest BCUT2D eigenvalue weighted by atomic mass is 10.1. The number of nitrogens with zero attached hydrogens (tertiary/aromatic N) is 1. The van der Waals surface area contributed by atoms with E-state index in [0.717, 1.165) is 0 Å². The van der Waals surface area contributed by atoms with E-state index in [1.54, 1.807) is 24.3 Å². The number of ketones is 1. The first-order valence-corrected chi connectivity index (χ1v) is 5.67. The fourth-order valence-corrected chi connectivity index (χ4v) is 1.56. The number of carbonyl (C=O) groups excluding carboxylic acids is 2. The maximum Gasteiger partial charge on any atom is 0.256 e. The Morgan fingerprint density at radius 1 is 1.00 bits per heavy atom. The number of nitrogens with one attached hydrogen (secondary N) is 1. The van der Waals surface area contributed by atoms with Crippen LogP contribution in [0.25, 0.3) is 0 Å². The van der Waals surface area contributed by atoms with Crippen molar-refractivity contribution in [2.24, 2.45) is 0 Å². The molecule has 0 saturated carbocycles. The maximum absolute atomic E-state index is 11.9. The van der Waals surface area contributed by atoms with Crippen molar-refractivity contribution < 1.29 is 14.3 Å². The average Bonchev–Trinajstić information content (AvgIpc) is 2.40. The van der Waals surface area contributed by atoms with Crippen LogP contribution in [-0.2, 0) is 0 Å². The summed E-state index contributed by atoms with van der Waals surface area (Å²) in [5, 5.41) is 13.5. The summed E-state index contributed by atoms with van der Waals surface area (Å²) in [7, 11) is 0. The minimum Gasteiger partial charge on any atom is -0.619 e. The Bertz CT molecular complexity index is 604. The number of carbonyl (C=O) groups is 2. The average molecular weight is 256 g/mol. The number of amides is 1. The van der Waals surface area contributed by atoms with Crippen LogP contribution in [0.5, 0.6) is 0 Å². The molecule has 0 atom stereocenters. The molecule has 1 N–H and O–H groups in total. The number of benzene rings is 1. The summed E-state index contributed by atoms with van der Waals surface area (Å²) in [6.45, 7) is 1.48. The van der Waals surface area contributed by atoms with E-state index in [2.05, 4.69) is 5.32 Å². The van der Waals surface area contributed by atoms with E-state index in [0.29, 0.717) is 21.5 Å². The molecule has 0 unspecified atom stereocenters. The Kier molecular flexibility index (Phi) is 3.56. The Hall–Kier alpha value is -2.69. The highest BCUT2D eigenvalue weighted by Gasteiger charge is 2.07. The van der Waals surface area contributed by atoms with Crippen LogP contribution in [0, 0.1) is 5.21 Å². The molecule has 0 radical (unpaired) electrons. The van der Waals surface area contributed by atoms with Gasteiger partial charge in [-0.1, -0.05) is 0 Å². The molecule has 2 aromatic rings. The number of anilines is 1. The van der Waals surface area contributed by atoms with Gasteiger partial charge in [0.05, 0.1) is 5.56 Å². The predicted molar refractivity (Wildman–Crippen MR) is 69.8 cm³/mol. The predicted octanol–water partition coefficient (Wildman–Crippen LogP) is 1.77. The van der Waals surface area contributed by atoms with Crippen molar-refractivity contribution in [3.05, 3.63) is 65.1 Å². The lowest BCUT2D eigenvalue weighted by Crippen LogP contribution is -2.25. The van der Waals surface area contributed by atoms with Gasteiger partial charge in [0.1, 0.15) is 0 Å². The minimum atomic E-state index is -0.309. The molecule has 19 heavy (non-hydrogen) atoms. The van der Waals surface area contributed by atoms with Crippen LogP contribution in [0.15, 0.2) is 48.8 Å². The Morgan fingerprint density at radius 2 is 1.58 bits per heavy atom. The van der Waals surface area contributed by atoms with E-state index in [-0.39, 0.29) is 11.7 Å². The molecule has 0 spiro atoms. The second-order valence-electron chi connectivity index (χ2n) is 4.03. The van der Waals surface area contributed by atoms with E-state index < -0.39 is 0 Å². The topological polar surface area (TPSA) is 73.1 Å². The molecular weight excluding hydrogens is 244 g/mol. The number of rotatable bonds is 3. The summed E-state index contributed by atoms with van der Waals surface area (Å²) in [6, 6.07) is 9.48. The van der Waals surface area contributed by atoms with Gasteiger partial charge in [0.2, 0.25) is 0 Å². The Balaban J connectivity index is 2.10. The van der Waals surface area contributed by atoms with Crippen molar-refractivity contribution in [2.45, 2.75) is 6.92 Å². The van der Waals surface area contributed by atoms with E-state index in [4.69, 9.17) is 0 Å². The standard InChI is InChI=1S/C14H12N2O3/c1-10(17)11-2-4-13(5-3-11)15-14(18)12-6-8-16(19)9-7-12/h2-9H,1H3,(H,15,18). The highest BCUT2D eigenvalue weighted by Crippen LogP contribution is 2.11. The molecule has 0 fully saturated rings. The molecule has 1 amide bonds. The molecule has 1 heterocycles. The van der Waals surface area contributed by atoms with Crippen LogP contribution >= 0.6 is 0 Å². The largest absolute Gasteiger partial charge is 0.619 e. The summed E-state index contributed by atoms with van der Waals surface area (Å²) < 4.78 is 0.610. The maximum atomic E-state index is 11.9. The van der Waals surface area contributed by atoms with Crippen LogP contribution in [0.4, 0.5) is 5.69 Å². The van der Waals surface area contributed by atoms with Gasteiger partial charge < -0.3 is 10.5 Å². The first-order valence-electron chi connectivity index (χ1n) is 5.67. The summed E-state index contributed by atoms with van der Waals surface area (Å²) in [5.74, 6) is -0.336. The van der Waals surface area contributed by atoms with E-state index >= 15 is 0 Å². The number of hydrogen-bond donors (Lipinski definition) is 1. The van der Waals surface area contributed by atoms with Gasteiger partial charge in [-0.2, -0.15) is 4.73 Å². The van der Waals surface area contributed by atoms with Gasteiger partial charge in [-0.25, -0.2) is 0 Å². The monoisotopic (exact) mass is 256 g/mol. The molecule has 5 heteroatoms. The molecule has 1 aromatic carbocycles. The first kappa shape index (κ1) is 12.8. The summed E-state index contributed by atoms with van der Waals surface area (Å²) >= 11 is 0. The van der Waals surface area contributed by atoms with Gasteiger partial charge in [0.25, 0.3) is 5.91 Å². The first-order chi connectivity index (χ1) is 9.06. The molecule has 0 aliphatic rings. The highest BCUT2D eigenvalue weighted by molar-refractivity contribution is 6.04. The van der Waals surface area contributed by atoms with Crippen LogP contribution in [0.1, 0.15) is 27.6 Å². The molecule has 0 saturated heterocycles. The molecule has 1 aromatic heterocycles. The Morgan fingerprint density at radius 3 is 2.11 bits per heavy atom. The van der Waals surface area contributed by atoms with E-state index in [1.807, 2.05) is 0 Å². The van der Waals surface area contributed by atoms with Gasteiger partial charge in [0.15, 0.2) is 18.2 Å². The lowest BCUT2D eigenvalue weighted by molar-refractivity contribution is -0.605. The quantitative estimate of drug-likeness (QED) is 0.516. The van der Waals surface area contributed by atoms with Gasteiger partial charge >= 0.3 is 0 Å². The molecular formula is C14H12N2O3. The van der Waals surface area contributed by atoms with Crippen molar-refractivity contribution in [1.29, 1.82) is 0 Å². The molecule has 0 aliphatic carbocycles. The third-order valence-electron chi connectivity index (χ3n) is 2.61. The SMILES string of the molecule is CC(=O)c1ccc(NC(=O)c2cc[n+]([O-])cc2)cc1. The third-order valence-corrected chi connectivity index (χ3v) is 2.61. The third kappa shape index (κ3) is 3.16. The molecule has 0 aliphatic heterocycles. The van der Waals surface area contributed by atoms with Gasteiger partial charge in [-0.15, -0.1) is 0 Å². The molecule has 96 valence electrons. The van der Waals surface area contributed by atoms with Gasteiger partial charge in [-0.3, -0.25) is 9.59 Å². The molecule has 0 bridgehead atoms. The van der Waals surface area contributed by atoms with Crippen molar-refractivity contribution >= 4 is 17.4 Å². The van der Waals surface area contributed by atoms with Crippen LogP contribution in [0.2, 0.25) is 0 Å². The zero-order valence-corrected chi connectivity index (χ0v) is 10.3. The van der Waals surface area contributed by atoms with Crippen LogP contribution in [0.3, 0.4) is 0 Å². The fraction of sp³-hybridized carbons (Fsp3) is 0.0714. The van der Waals surface area contributed by atoms with Crippen LogP contribution in [-0.4, -0.2) is 11.7 Å². The normalized spacial score (nSPS) is 9.95. The summed E-state index contributed by atoms with van der Waals surface area (Å²) in [6.07, 6.45) is 2.52. The van der Waals surface area contributed by atoms with Gasteiger partial charge in [0, 0.05) is 23.4 Å². The smallest absolute Gasteiger partial charge is 0.256 e. The number of Topliss-reactive ketones (excluding diaryl/α,β-unsaturated/α-hetero) is 1. The molecule has 5 nitrogen and oxygen atoms in total. The molecule has 2 rings (SSSR count). The fourth-order valence-electron chi connectivity index (χ4n) is 1.56. The minimum absolute atomic E-state index is 0.0269. The van der Waals surface area contributed by atoms with Crippen molar-refractivity contribution in [3.8, 4) is 0 Å². The summed E-state index contributed by atoms with van der Waals surface area (Å²) in [4.78, 5) is 23.0. The zero-order chi connectivity index (χ0) is 13.8. The van der Waals surface area contributed by atoms with Crippen molar-refractivity contribution in [2.75, 3.05) is 5.32 Å². The Labute approximate surface area is 110 Å². The number of pyridine rings is 1.